The fourth-order valence-corrected chi connectivity index (χ4v) is 2.60. The van der Waals surface area contributed by atoms with E-state index in [9.17, 15) is 9.59 Å². The predicted octanol–water partition coefficient (Wildman–Crippen LogP) is 1.20. The largest absolute Gasteiger partial charge is 0.378 e. The molecule has 2 N–H and O–H groups in total. The van der Waals surface area contributed by atoms with Gasteiger partial charge in [-0.15, -0.1) is 6.58 Å². The van der Waals surface area contributed by atoms with Gasteiger partial charge in [0.05, 0.1) is 6.54 Å². The number of nitrogens with one attached hydrogen (secondary N) is 2. The summed E-state index contributed by atoms with van der Waals surface area (Å²) in [5.41, 5.74) is 1.86. The molecule has 0 unspecified atom stereocenters. The topological polar surface area (TPSA) is 67.9 Å². The maximum absolute atomic E-state index is 12.4. The predicted molar refractivity (Wildman–Crippen MR) is 101 cm³/mol. The molecule has 0 radical (unpaired) electrons. The Balaban J connectivity index is 1.77. The lowest BCUT2D eigenvalue weighted by Crippen LogP contribution is -2.52. The van der Waals surface area contributed by atoms with E-state index in [-0.39, 0.29) is 11.9 Å². The highest BCUT2D eigenvalue weighted by molar-refractivity contribution is 5.89. The molecule has 25 heavy (non-hydrogen) atoms. The number of piperazine rings is 1. The van der Waals surface area contributed by atoms with Crippen LogP contribution in [0.2, 0.25) is 0 Å². The number of rotatable bonds is 6. The smallest absolute Gasteiger partial charge is 0.321 e. The Hall–Kier alpha value is -2.54. The molecule has 0 atom stereocenters. The lowest BCUT2D eigenvalue weighted by atomic mass is 10.2. The minimum atomic E-state index is -0.103. The molecule has 2 rings (SSSR count). The van der Waals surface area contributed by atoms with Gasteiger partial charge in [0.2, 0.25) is 5.91 Å². The van der Waals surface area contributed by atoms with Crippen LogP contribution >= 0.6 is 0 Å². The van der Waals surface area contributed by atoms with Crippen molar-refractivity contribution in [3.63, 3.8) is 0 Å². The summed E-state index contributed by atoms with van der Waals surface area (Å²) in [6.45, 7) is 7.00. The van der Waals surface area contributed by atoms with Crippen LogP contribution in [0.25, 0.3) is 0 Å². The third-order valence-corrected chi connectivity index (χ3v) is 4.11. The standard InChI is InChI=1S/C18H27N5O2/c1-4-9-19-17(24)14-22-10-12-23(13-11-22)18(25)20-15-5-7-16(8-6-15)21(2)3/h4-8H,1,9-14H2,2-3H3,(H,19,24)(H,20,25). The van der Waals surface area contributed by atoms with Gasteiger partial charge < -0.3 is 20.4 Å². The number of hydrogen-bond donors (Lipinski definition) is 2. The number of hydrogen-bond acceptors (Lipinski definition) is 4. The minimum Gasteiger partial charge on any atom is -0.378 e. The summed E-state index contributed by atoms with van der Waals surface area (Å²) in [5, 5.41) is 5.68. The van der Waals surface area contributed by atoms with E-state index in [0.29, 0.717) is 39.3 Å². The van der Waals surface area contributed by atoms with Crippen molar-refractivity contribution in [3.05, 3.63) is 36.9 Å². The maximum Gasteiger partial charge on any atom is 0.321 e. The van der Waals surface area contributed by atoms with Crippen LogP contribution in [0.3, 0.4) is 0 Å². The Morgan fingerprint density at radius 2 is 1.80 bits per heavy atom. The zero-order valence-corrected chi connectivity index (χ0v) is 15.0. The van der Waals surface area contributed by atoms with E-state index in [0.717, 1.165) is 11.4 Å². The van der Waals surface area contributed by atoms with Crippen molar-refractivity contribution in [2.24, 2.45) is 0 Å². The van der Waals surface area contributed by atoms with Crippen LogP contribution in [-0.2, 0) is 4.79 Å². The average molecular weight is 345 g/mol. The van der Waals surface area contributed by atoms with Gasteiger partial charge in [-0.3, -0.25) is 9.69 Å². The van der Waals surface area contributed by atoms with Gasteiger partial charge in [-0.25, -0.2) is 4.79 Å². The van der Waals surface area contributed by atoms with Gasteiger partial charge in [-0.2, -0.15) is 0 Å². The molecule has 7 heteroatoms. The Labute approximate surface area is 149 Å². The second-order valence-corrected chi connectivity index (χ2v) is 6.23. The lowest BCUT2D eigenvalue weighted by molar-refractivity contribution is -0.122. The van der Waals surface area contributed by atoms with Crippen molar-refractivity contribution in [2.45, 2.75) is 0 Å². The quantitative estimate of drug-likeness (QED) is 0.761. The average Bonchev–Trinajstić information content (AvgIpc) is 2.61. The van der Waals surface area contributed by atoms with E-state index >= 15 is 0 Å². The Bertz CT molecular complexity index is 592. The Morgan fingerprint density at radius 1 is 1.16 bits per heavy atom. The molecule has 0 aliphatic carbocycles. The summed E-state index contributed by atoms with van der Waals surface area (Å²) < 4.78 is 0. The summed E-state index contributed by atoms with van der Waals surface area (Å²) >= 11 is 0. The maximum atomic E-state index is 12.4. The minimum absolute atomic E-state index is 0.0150. The van der Waals surface area contributed by atoms with E-state index in [1.54, 1.807) is 11.0 Å². The van der Waals surface area contributed by atoms with Crippen LogP contribution in [0.4, 0.5) is 16.2 Å². The molecule has 1 aromatic carbocycles. The zero-order valence-electron chi connectivity index (χ0n) is 15.0. The van der Waals surface area contributed by atoms with Gasteiger partial charge in [-0.05, 0) is 24.3 Å². The second-order valence-electron chi connectivity index (χ2n) is 6.23. The molecule has 1 aliphatic rings. The fourth-order valence-electron chi connectivity index (χ4n) is 2.60. The first-order valence-electron chi connectivity index (χ1n) is 8.43. The van der Waals surface area contributed by atoms with E-state index in [4.69, 9.17) is 0 Å². The molecule has 3 amide bonds. The number of anilines is 2. The van der Waals surface area contributed by atoms with Crippen LogP contribution < -0.4 is 15.5 Å². The number of carbonyl (C=O) groups is 2. The number of carbonyl (C=O) groups excluding carboxylic acids is 2. The molecule has 0 saturated carbocycles. The van der Waals surface area contributed by atoms with Crippen LogP contribution in [0, 0.1) is 0 Å². The monoisotopic (exact) mass is 345 g/mol. The first kappa shape index (κ1) is 18.8. The Morgan fingerprint density at radius 3 is 2.36 bits per heavy atom. The van der Waals surface area contributed by atoms with Crippen LogP contribution in [-0.4, -0.2) is 75.1 Å². The number of benzene rings is 1. The van der Waals surface area contributed by atoms with E-state index in [1.807, 2.05) is 48.2 Å². The van der Waals surface area contributed by atoms with E-state index in [1.165, 1.54) is 0 Å². The van der Waals surface area contributed by atoms with Crippen molar-refractivity contribution in [2.75, 3.05) is 63.6 Å². The normalized spacial score (nSPS) is 14.7. The molecule has 7 nitrogen and oxygen atoms in total. The van der Waals surface area contributed by atoms with Crippen molar-refractivity contribution in [1.29, 1.82) is 0 Å². The van der Waals surface area contributed by atoms with Gasteiger partial charge in [0.1, 0.15) is 0 Å². The third kappa shape index (κ3) is 5.79. The third-order valence-electron chi connectivity index (χ3n) is 4.11. The molecule has 1 heterocycles. The highest BCUT2D eigenvalue weighted by Crippen LogP contribution is 2.16. The lowest BCUT2D eigenvalue weighted by Gasteiger charge is -2.34. The van der Waals surface area contributed by atoms with Crippen molar-refractivity contribution in [3.8, 4) is 0 Å². The molecule has 1 saturated heterocycles. The molecule has 136 valence electrons. The second kappa shape index (κ2) is 9.08. The van der Waals surface area contributed by atoms with Crippen LogP contribution in [0.15, 0.2) is 36.9 Å². The highest BCUT2D eigenvalue weighted by atomic mass is 16.2. The summed E-state index contributed by atoms with van der Waals surface area (Å²) in [6, 6.07) is 7.62. The molecule has 0 aromatic heterocycles. The molecule has 1 aromatic rings. The van der Waals surface area contributed by atoms with Crippen molar-refractivity contribution < 1.29 is 9.59 Å². The van der Waals surface area contributed by atoms with Gasteiger partial charge >= 0.3 is 6.03 Å². The molecule has 1 fully saturated rings. The number of nitrogens with zero attached hydrogens (tertiary/aromatic N) is 3. The molecular formula is C18H27N5O2. The number of urea groups is 1. The molecule has 0 bridgehead atoms. The van der Waals surface area contributed by atoms with Gasteiger partial charge in [-0.1, -0.05) is 6.08 Å². The van der Waals surface area contributed by atoms with E-state index in [2.05, 4.69) is 17.2 Å². The molecule has 0 spiro atoms. The van der Waals surface area contributed by atoms with Gasteiger partial charge in [0.25, 0.3) is 0 Å². The summed E-state index contributed by atoms with van der Waals surface area (Å²) in [6.07, 6.45) is 1.66. The summed E-state index contributed by atoms with van der Waals surface area (Å²) in [4.78, 5) is 29.9. The van der Waals surface area contributed by atoms with Gasteiger partial charge in [0, 0.05) is 58.2 Å². The first-order chi connectivity index (χ1) is 12.0. The van der Waals surface area contributed by atoms with E-state index < -0.39 is 0 Å². The molecule has 1 aliphatic heterocycles. The summed E-state index contributed by atoms with van der Waals surface area (Å²) in [7, 11) is 3.95. The summed E-state index contributed by atoms with van der Waals surface area (Å²) in [5.74, 6) is -0.0150. The molecular weight excluding hydrogens is 318 g/mol. The SMILES string of the molecule is C=CCNC(=O)CN1CCN(C(=O)Nc2ccc(N(C)C)cc2)CC1. The fraction of sp³-hybridized carbons (Fsp3) is 0.444. The number of amides is 3. The van der Waals surface area contributed by atoms with Crippen molar-refractivity contribution >= 4 is 23.3 Å². The first-order valence-corrected chi connectivity index (χ1v) is 8.43. The van der Waals surface area contributed by atoms with Gasteiger partial charge in [0.15, 0.2) is 0 Å². The van der Waals surface area contributed by atoms with Crippen molar-refractivity contribution in [1.82, 2.24) is 15.1 Å². The Kier molecular flexibility index (Phi) is 6.82. The zero-order chi connectivity index (χ0) is 18.2. The highest BCUT2D eigenvalue weighted by Gasteiger charge is 2.22. The van der Waals surface area contributed by atoms with Crippen LogP contribution in [0.5, 0.6) is 0 Å². The van der Waals surface area contributed by atoms with Crippen LogP contribution in [0.1, 0.15) is 0 Å².